The Morgan fingerprint density at radius 1 is 1.60 bits per heavy atom. The third-order valence-electron chi connectivity index (χ3n) is 1.89. The lowest BCUT2D eigenvalue weighted by Crippen LogP contribution is -2.34. The van der Waals surface area contributed by atoms with Gasteiger partial charge in [-0.05, 0) is 33.5 Å². The van der Waals surface area contributed by atoms with Gasteiger partial charge in [0.25, 0.3) is 5.91 Å². The van der Waals surface area contributed by atoms with Gasteiger partial charge in [0.1, 0.15) is 0 Å². The van der Waals surface area contributed by atoms with E-state index in [2.05, 4.69) is 21.2 Å². The first kappa shape index (κ1) is 12.6. The average molecular weight is 295 g/mol. The SMILES string of the molecule is CC(C)(CCl)CNC(=O)c1ccc(Br)o1. The molecule has 0 fully saturated rings. The van der Waals surface area contributed by atoms with Crippen molar-refractivity contribution in [1.29, 1.82) is 0 Å². The maximum Gasteiger partial charge on any atom is 0.287 e. The highest BCUT2D eigenvalue weighted by atomic mass is 79.9. The van der Waals surface area contributed by atoms with Crippen molar-refractivity contribution in [3.63, 3.8) is 0 Å². The Morgan fingerprint density at radius 3 is 2.73 bits per heavy atom. The molecule has 1 rings (SSSR count). The fourth-order valence-electron chi connectivity index (χ4n) is 0.890. The van der Waals surface area contributed by atoms with Crippen LogP contribution < -0.4 is 5.32 Å². The highest BCUT2D eigenvalue weighted by molar-refractivity contribution is 9.10. The van der Waals surface area contributed by atoms with Crippen LogP contribution in [0.1, 0.15) is 24.4 Å². The van der Waals surface area contributed by atoms with Crippen molar-refractivity contribution in [2.45, 2.75) is 13.8 Å². The van der Waals surface area contributed by atoms with Gasteiger partial charge in [-0.3, -0.25) is 4.79 Å². The molecule has 0 saturated carbocycles. The number of rotatable bonds is 4. The minimum atomic E-state index is -0.223. The third-order valence-corrected chi connectivity index (χ3v) is 3.04. The van der Waals surface area contributed by atoms with Gasteiger partial charge >= 0.3 is 0 Å². The first-order chi connectivity index (χ1) is 6.94. The van der Waals surface area contributed by atoms with Crippen molar-refractivity contribution >= 4 is 33.4 Å². The molecule has 5 heteroatoms. The van der Waals surface area contributed by atoms with E-state index in [0.717, 1.165) is 0 Å². The van der Waals surface area contributed by atoms with Crippen LogP contribution in [0.4, 0.5) is 0 Å². The minimum Gasteiger partial charge on any atom is -0.444 e. The number of furan rings is 1. The van der Waals surface area contributed by atoms with E-state index >= 15 is 0 Å². The summed E-state index contributed by atoms with van der Waals surface area (Å²) < 4.78 is 5.66. The van der Waals surface area contributed by atoms with Crippen molar-refractivity contribution in [2.75, 3.05) is 12.4 Å². The molecular weight excluding hydrogens is 281 g/mol. The van der Waals surface area contributed by atoms with Crippen LogP contribution >= 0.6 is 27.5 Å². The maximum absolute atomic E-state index is 11.6. The van der Waals surface area contributed by atoms with Crippen LogP contribution in [0.3, 0.4) is 0 Å². The molecular formula is C10H13BrClNO2. The van der Waals surface area contributed by atoms with Crippen molar-refractivity contribution in [3.8, 4) is 0 Å². The fraction of sp³-hybridized carbons (Fsp3) is 0.500. The summed E-state index contributed by atoms with van der Waals surface area (Å²) in [5.74, 6) is 0.570. The van der Waals surface area contributed by atoms with Gasteiger partial charge in [0, 0.05) is 12.4 Å². The predicted molar refractivity (Wildman–Crippen MR) is 63.2 cm³/mol. The quantitative estimate of drug-likeness (QED) is 0.867. The van der Waals surface area contributed by atoms with E-state index in [4.69, 9.17) is 16.0 Å². The molecule has 1 aromatic rings. The second-order valence-corrected chi connectivity index (χ2v) is 5.13. The molecule has 0 saturated heterocycles. The van der Waals surface area contributed by atoms with Gasteiger partial charge in [-0.1, -0.05) is 13.8 Å². The highest BCUT2D eigenvalue weighted by Crippen LogP contribution is 2.17. The monoisotopic (exact) mass is 293 g/mol. The number of halogens is 2. The molecule has 0 aliphatic carbocycles. The molecule has 84 valence electrons. The molecule has 0 atom stereocenters. The second-order valence-electron chi connectivity index (χ2n) is 4.08. The number of carbonyl (C=O) groups excluding carboxylic acids is 1. The van der Waals surface area contributed by atoms with Crippen LogP contribution in [-0.2, 0) is 0 Å². The van der Waals surface area contributed by atoms with Gasteiger partial charge in [0.05, 0.1) is 0 Å². The smallest absolute Gasteiger partial charge is 0.287 e. The molecule has 0 unspecified atom stereocenters. The molecule has 1 aromatic heterocycles. The predicted octanol–water partition coefficient (Wildman–Crippen LogP) is 3.04. The summed E-state index contributed by atoms with van der Waals surface area (Å²) in [5, 5.41) is 2.77. The summed E-state index contributed by atoms with van der Waals surface area (Å²) >= 11 is 8.88. The lowest BCUT2D eigenvalue weighted by molar-refractivity contribution is 0.0911. The van der Waals surface area contributed by atoms with Gasteiger partial charge < -0.3 is 9.73 Å². The lowest BCUT2D eigenvalue weighted by atomic mass is 9.96. The molecule has 0 aromatic carbocycles. The van der Waals surface area contributed by atoms with Gasteiger partial charge in [-0.2, -0.15) is 0 Å². The van der Waals surface area contributed by atoms with Crippen molar-refractivity contribution in [1.82, 2.24) is 5.32 Å². The van der Waals surface area contributed by atoms with E-state index in [1.54, 1.807) is 12.1 Å². The Balaban J connectivity index is 2.50. The van der Waals surface area contributed by atoms with Crippen LogP contribution in [0.5, 0.6) is 0 Å². The lowest BCUT2D eigenvalue weighted by Gasteiger charge is -2.21. The topological polar surface area (TPSA) is 42.2 Å². The summed E-state index contributed by atoms with van der Waals surface area (Å²) in [4.78, 5) is 11.6. The van der Waals surface area contributed by atoms with E-state index in [9.17, 15) is 4.79 Å². The minimum absolute atomic E-state index is 0.110. The number of amides is 1. The zero-order chi connectivity index (χ0) is 11.5. The fourth-order valence-corrected chi connectivity index (χ4v) is 1.29. The Bertz CT molecular complexity index is 349. The van der Waals surface area contributed by atoms with Crippen molar-refractivity contribution in [2.24, 2.45) is 5.41 Å². The number of hydrogen-bond donors (Lipinski definition) is 1. The van der Waals surface area contributed by atoms with E-state index in [1.165, 1.54) is 0 Å². The zero-order valence-corrected chi connectivity index (χ0v) is 11.0. The Hall–Kier alpha value is -0.480. The van der Waals surface area contributed by atoms with Crippen LogP contribution in [-0.4, -0.2) is 18.3 Å². The Labute approximate surface area is 102 Å². The van der Waals surface area contributed by atoms with E-state index < -0.39 is 0 Å². The normalized spacial score (nSPS) is 11.5. The molecule has 1 amide bonds. The number of nitrogens with one attached hydrogen (secondary N) is 1. The molecule has 0 radical (unpaired) electrons. The first-order valence-corrected chi connectivity index (χ1v) is 5.87. The van der Waals surface area contributed by atoms with Crippen LogP contribution in [0.25, 0.3) is 0 Å². The van der Waals surface area contributed by atoms with Crippen LogP contribution in [0, 0.1) is 5.41 Å². The summed E-state index contributed by atoms with van der Waals surface area (Å²) in [6.07, 6.45) is 0. The molecule has 15 heavy (non-hydrogen) atoms. The average Bonchev–Trinajstić information content (AvgIpc) is 2.61. The largest absolute Gasteiger partial charge is 0.444 e. The Morgan fingerprint density at radius 2 is 2.27 bits per heavy atom. The molecule has 1 N–H and O–H groups in total. The van der Waals surface area contributed by atoms with Gasteiger partial charge in [-0.15, -0.1) is 11.6 Å². The summed E-state index contributed by atoms with van der Waals surface area (Å²) in [7, 11) is 0. The summed E-state index contributed by atoms with van der Waals surface area (Å²) in [5.41, 5.74) is -0.110. The zero-order valence-electron chi connectivity index (χ0n) is 8.64. The van der Waals surface area contributed by atoms with Crippen LogP contribution in [0.2, 0.25) is 0 Å². The van der Waals surface area contributed by atoms with E-state index in [-0.39, 0.29) is 11.3 Å². The molecule has 1 heterocycles. The standard InChI is InChI=1S/C10H13BrClNO2/c1-10(2,5-12)6-13-9(14)7-3-4-8(11)15-7/h3-4H,5-6H2,1-2H3,(H,13,14). The second kappa shape index (κ2) is 5.03. The molecule has 0 spiro atoms. The first-order valence-electron chi connectivity index (χ1n) is 4.54. The number of alkyl halides is 1. The van der Waals surface area contributed by atoms with Gasteiger partial charge in [-0.25, -0.2) is 0 Å². The van der Waals surface area contributed by atoms with E-state index in [1.807, 2.05) is 13.8 Å². The van der Waals surface area contributed by atoms with Gasteiger partial charge in [0.15, 0.2) is 10.4 Å². The number of hydrogen-bond acceptors (Lipinski definition) is 2. The maximum atomic E-state index is 11.6. The Kier molecular flexibility index (Phi) is 4.22. The molecule has 0 aliphatic rings. The van der Waals surface area contributed by atoms with Gasteiger partial charge in [0.2, 0.25) is 0 Å². The van der Waals surface area contributed by atoms with Crippen LogP contribution in [0.15, 0.2) is 21.2 Å². The third kappa shape index (κ3) is 3.87. The molecule has 3 nitrogen and oxygen atoms in total. The summed E-state index contributed by atoms with van der Waals surface area (Å²) in [6.45, 7) is 4.49. The molecule has 0 aliphatic heterocycles. The van der Waals surface area contributed by atoms with Crippen molar-refractivity contribution in [3.05, 3.63) is 22.6 Å². The van der Waals surface area contributed by atoms with Crippen molar-refractivity contribution < 1.29 is 9.21 Å². The number of carbonyl (C=O) groups is 1. The van der Waals surface area contributed by atoms with E-state index in [0.29, 0.717) is 22.9 Å². The summed E-state index contributed by atoms with van der Waals surface area (Å²) in [6, 6.07) is 3.30. The highest BCUT2D eigenvalue weighted by Gasteiger charge is 2.19. The molecule has 0 bridgehead atoms.